The standard InChI is InChI=1S/C27H33F3N4/c1-4-6-7-8-10-20-11-9-12-23(17-20)32-25-24(27(28,29)30)18-31-26(34-25)33-22-15-13-21(14-16-22)19(3)5-2/h9,11-19H,4-8,10H2,1-3H3,(H2,31,32,33,34). The highest BCUT2D eigenvalue weighted by Gasteiger charge is 2.35. The van der Waals surface area contributed by atoms with Crippen LogP contribution in [0.25, 0.3) is 0 Å². The largest absolute Gasteiger partial charge is 0.421 e. The first kappa shape index (κ1) is 25.5. The van der Waals surface area contributed by atoms with Crippen molar-refractivity contribution in [1.82, 2.24) is 9.97 Å². The molecule has 1 atom stereocenters. The molecule has 1 unspecified atom stereocenters. The average molecular weight is 471 g/mol. The van der Waals surface area contributed by atoms with Crippen LogP contribution in [0.1, 0.15) is 75.5 Å². The molecular formula is C27H33F3N4. The second-order valence-electron chi connectivity index (χ2n) is 8.65. The lowest BCUT2D eigenvalue weighted by molar-refractivity contribution is -0.137. The van der Waals surface area contributed by atoms with Gasteiger partial charge in [-0.25, -0.2) is 4.98 Å². The zero-order chi connectivity index (χ0) is 24.6. The van der Waals surface area contributed by atoms with Crippen molar-refractivity contribution in [2.24, 2.45) is 0 Å². The van der Waals surface area contributed by atoms with Crippen LogP contribution < -0.4 is 10.6 Å². The van der Waals surface area contributed by atoms with E-state index in [1.807, 2.05) is 42.5 Å². The number of nitrogens with zero attached hydrogens (tertiary/aromatic N) is 2. The minimum atomic E-state index is -4.57. The molecule has 7 heteroatoms. The van der Waals surface area contributed by atoms with Crippen LogP contribution in [0.4, 0.5) is 36.3 Å². The fraction of sp³-hybridized carbons (Fsp3) is 0.407. The van der Waals surface area contributed by atoms with Gasteiger partial charge in [-0.1, -0.05) is 64.3 Å². The third kappa shape index (κ3) is 7.20. The Kier molecular flexibility index (Phi) is 8.91. The molecule has 2 aromatic carbocycles. The zero-order valence-electron chi connectivity index (χ0n) is 20.0. The van der Waals surface area contributed by atoms with Gasteiger partial charge in [0.15, 0.2) is 0 Å². The zero-order valence-corrected chi connectivity index (χ0v) is 20.0. The van der Waals surface area contributed by atoms with Gasteiger partial charge >= 0.3 is 6.18 Å². The molecule has 0 amide bonds. The van der Waals surface area contributed by atoms with Gasteiger partial charge in [0.05, 0.1) is 0 Å². The van der Waals surface area contributed by atoms with Crippen LogP contribution in [-0.4, -0.2) is 9.97 Å². The molecule has 0 aliphatic rings. The molecule has 2 N–H and O–H groups in total. The number of aromatic nitrogens is 2. The van der Waals surface area contributed by atoms with E-state index in [-0.39, 0.29) is 11.8 Å². The number of rotatable bonds is 11. The topological polar surface area (TPSA) is 49.8 Å². The summed E-state index contributed by atoms with van der Waals surface area (Å²) >= 11 is 0. The van der Waals surface area contributed by atoms with Crippen LogP contribution >= 0.6 is 0 Å². The number of alkyl halides is 3. The van der Waals surface area contributed by atoms with Gasteiger partial charge in [-0.05, 0) is 60.6 Å². The predicted octanol–water partition coefficient (Wildman–Crippen LogP) is 8.62. The number of unbranched alkanes of at least 4 members (excludes halogenated alkanes) is 3. The number of benzene rings is 2. The van der Waals surface area contributed by atoms with Gasteiger partial charge in [-0.3, -0.25) is 0 Å². The first-order chi connectivity index (χ1) is 16.3. The summed E-state index contributed by atoms with van der Waals surface area (Å²) in [5, 5.41) is 5.88. The van der Waals surface area contributed by atoms with E-state index in [0.29, 0.717) is 17.3 Å². The predicted molar refractivity (Wildman–Crippen MR) is 133 cm³/mol. The van der Waals surface area contributed by atoms with Gasteiger partial charge in [0.1, 0.15) is 11.4 Å². The van der Waals surface area contributed by atoms with Gasteiger partial charge in [0.2, 0.25) is 5.95 Å². The monoisotopic (exact) mass is 470 g/mol. The number of hydrogen-bond acceptors (Lipinski definition) is 4. The Morgan fingerprint density at radius 1 is 0.912 bits per heavy atom. The summed E-state index contributed by atoms with van der Waals surface area (Å²) < 4.78 is 40.9. The Balaban J connectivity index is 1.80. The Morgan fingerprint density at radius 2 is 1.68 bits per heavy atom. The van der Waals surface area contributed by atoms with Crippen molar-refractivity contribution in [1.29, 1.82) is 0 Å². The van der Waals surface area contributed by atoms with E-state index in [0.717, 1.165) is 43.9 Å². The van der Waals surface area contributed by atoms with Gasteiger partial charge in [0, 0.05) is 17.6 Å². The molecule has 0 aliphatic carbocycles. The number of anilines is 4. The molecule has 34 heavy (non-hydrogen) atoms. The van der Waals surface area contributed by atoms with Crippen LogP contribution in [0.5, 0.6) is 0 Å². The van der Waals surface area contributed by atoms with Crippen LogP contribution in [0.15, 0.2) is 54.7 Å². The summed E-state index contributed by atoms with van der Waals surface area (Å²) in [6.07, 6.45) is 2.72. The fourth-order valence-electron chi connectivity index (χ4n) is 3.70. The third-order valence-electron chi connectivity index (χ3n) is 5.95. The van der Waals surface area contributed by atoms with E-state index in [1.165, 1.54) is 12.0 Å². The van der Waals surface area contributed by atoms with Crippen LogP contribution in [0.2, 0.25) is 0 Å². The summed E-state index contributed by atoms with van der Waals surface area (Å²) in [6.45, 7) is 6.44. The van der Waals surface area contributed by atoms with E-state index in [4.69, 9.17) is 0 Å². The summed E-state index contributed by atoms with van der Waals surface area (Å²) in [4.78, 5) is 8.08. The molecule has 0 spiro atoms. The maximum atomic E-state index is 13.6. The first-order valence-electron chi connectivity index (χ1n) is 12.0. The molecule has 0 fully saturated rings. The van der Waals surface area contributed by atoms with E-state index in [1.54, 1.807) is 6.07 Å². The Morgan fingerprint density at radius 3 is 2.35 bits per heavy atom. The minimum absolute atomic E-state index is 0.0995. The Bertz CT molecular complexity index is 1050. The molecule has 1 heterocycles. The van der Waals surface area contributed by atoms with Crippen molar-refractivity contribution in [3.8, 4) is 0 Å². The quantitative estimate of drug-likeness (QED) is 0.275. The lowest BCUT2D eigenvalue weighted by Gasteiger charge is -2.16. The molecular weight excluding hydrogens is 437 g/mol. The van der Waals surface area contributed by atoms with Gasteiger partial charge in [-0.2, -0.15) is 18.2 Å². The molecule has 182 valence electrons. The van der Waals surface area contributed by atoms with Crippen LogP contribution in [0, 0.1) is 0 Å². The Labute approximate surface area is 200 Å². The molecule has 0 saturated carbocycles. The molecule has 0 bridgehead atoms. The SMILES string of the molecule is CCCCCCc1cccc(Nc2nc(Nc3ccc(C(C)CC)cc3)ncc2C(F)(F)F)c1. The van der Waals surface area contributed by atoms with Crippen molar-refractivity contribution < 1.29 is 13.2 Å². The molecule has 4 nitrogen and oxygen atoms in total. The third-order valence-corrected chi connectivity index (χ3v) is 5.95. The highest BCUT2D eigenvalue weighted by atomic mass is 19.4. The van der Waals surface area contributed by atoms with Crippen molar-refractivity contribution in [3.63, 3.8) is 0 Å². The molecule has 0 saturated heterocycles. The number of nitrogens with one attached hydrogen (secondary N) is 2. The average Bonchev–Trinajstić information content (AvgIpc) is 2.81. The maximum absolute atomic E-state index is 13.6. The second-order valence-corrected chi connectivity index (χ2v) is 8.65. The van der Waals surface area contributed by atoms with Gasteiger partial charge < -0.3 is 10.6 Å². The second kappa shape index (κ2) is 11.9. The molecule has 0 aliphatic heterocycles. The van der Waals surface area contributed by atoms with Gasteiger partial charge in [0.25, 0.3) is 0 Å². The minimum Gasteiger partial charge on any atom is -0.340 e. The smallest absolute Gasteiger partial charge is 0.340 e. The summed E-state index contributed by atoms with van der Waals surface area (Å²) in [7, 11) is 0. The van der Waals surface area contributed by atoms with Crippen molar-refractivity contribution in [3.05, 3.63) is 71.4 Å². The van der Waals surface area contributed by atoms with E-state index in [9.17, 15) is 13.2 Å². The highest BCUT2D eigenvalue weighted by molar-refractivity contribution is 5.63. The fourth-order valence-corrected chi connectivity index (χ4v) is 3.70. The summed E-state index contributed by atoms with van der Waals surface area (Å²) in [5.74, 6) is 0.265. The lowest BCUT2D eigenvalue weighted by Crippen LogP contribution is -2.12. The number of halogens is 3. The van der Waals surface area contributed by atoms with Crippen molar-refractivity contribution in [2.75, 3.05) is 10.6 Å². The van der Waals surface area contributed by atoms with Crippen molar-refractivity contribution in [2.45, 2.75) is 71.4 Å². The van der Waals surface area contributed by atoms with E-state index < -0.39 is 11.7 Å². The molecule has 3 rings (SSSR count). The van der Waals surface area contributed by atoms with E-state index in [2.05, 4.69) is 41.4 Å². The number of hydrogen-bond donors (Lipinski definition) is 2. The van der Waals surface area contributed by atoms with Crippen LogP contribution in [0.3, 0.4) is 0 Å². The molecule has 3 aromatic rings. The lowest BCUT2D eigenvalue weighted by atomic mass is 9.99. The number of aryl methyl sites for hydroxylation is 1. The van der Waals surface area contributed by atoms with E-state index >= 15 is 0 Å². The van der Waals surface area contributed by atoms with Crippen molar-refractivity contribution >= 4 is 23.1 Å². The molecule has 0 radical (unpaired) electrons. The normalized spacial score (nSPS) is 12.4. The first-order valence-corrected chi connectivity index (χ1v) is 12.0. The van der Waals surface area contributed by atoms with Gasteiger partial charge in [-0.15, -0.1) is 0 Å². The summed E-state index contributed by atoms with van der Waals surface area (Å²) in [6, 6.07) is 15.3. The Hall–Kier alpha value is -3.09. The van der Waals surface area contributed by atoms with Crippen LogP contribution in [-0.2, 0) is 12.6 Å². The maximum Gasteiger partial charge on any atom is 0.421 e. The molecule has 1 aromatic heterocycles. The highest BCUT2D eigenvalue weighted by Crippen LogP contribution is 2.35. The summed E-state index contributed by atoms with van der Waals surface area (Å²) in [5.41, 5.74) is 2.67.